The molecule has 0 fully saturated rings. The monoisotopic (exact) mass is 358 g/mol. The van der Waals surface area contributed by atoms with Gasteiger partial charge < -0.3 is 9.30 Å². The number of carbonyl (C=O) groups is 1. The lowest BCUT2D eigenvalue weighted by molar-refractivity contribution is -0.117. The molecule has 0 aliphatic carbocycles. The van der Waals surface area contributed by atoms with E-state index in [-0.39, 0.29) is 5.91 Å². The van der Waals surface area contributed by atoms with E-state index in [0.717, 1.165) is 21.5 Å². The Hall–Kier alpha value is -2.05. The molecule has 4 nitrogen and oxygen atoms in total. The number of carbonyl (C=O) groups excluding carboxylic acids is 1. The Bertz CT molecular complexity index is 940. The highest BCUT2D eigenvalue weighted by molar-refractivity contribution is 7.98. The van der Waals surface area contributed by atoms with Crippen molar-refractivity contribution in [2.75, 3.05) is 13.4 Å². The van der Waals surface area contributed by atoms with E-state index in [1.807, 2.05) is 60.3 Å². The van der Waals surface area contributed by atoms with Gasteiger partial charge in [-0.1, -0.05) is 23.5 Å². The number of aromatic nitrogens is 1. The smallest absolute Gasteiger partial charge is 0.252 e. The fourth-order valence-corrected chi connectivity index (χ4v) is 3.88. The maximum atomic E-state index is 12.3. The van der Waals surface area contributed by atoms with Crippen LogP contribution >= 0.6 is 23.1 Å². The van der Waals surface area contributed by atoms with E-state index in [4.69, 9.17) is 4.74 Å². The zero-order chi connectivity index (χ0) is 17.1. The van der Waals surface area contributed by atoms with E-state index in [1.165, 1.54) is 16.2 Å². The van der Waals surface area contributed by atoms with Crippen LogP contribution in [0.4, 0.5) is 0 Å². The number of rotatable bonds is 4. The van der Waals surface area contributed by atoms with Crippen LogP contribution in [0.15, 0.2) is 52.4 Å². The highest BCUT2D eigenvalue weighted by Crippen LogP contribution is 2.22. The summed E-state index contributed by atoms with van der Waals surface area (Å²) in [6, 6.07) is 13.9. The zero-order valence-electron chi connectivity index (χ0n) is 13.8. The minimum atomic E-state index is -0.138. The number of amides is 1. The fourth-order valence-electron chi connectivity index (χ4n) is 2.41. The van der Waals surface area contributed by atoms with Crippen molar-refractivity contribution in [2.24, 2.45) is 12.0 Å². The second-order valence-electron chi connectivity index (χ2n) is 5.31. The molecule has 0 saturated heterocycles. The summed E-state index contributed by atoms with van der Waals surface area (Å²) < 4.78 is 8.24. The molecule has 2 aromatic carbocycles. The van der Waals surface area contributed by atoms with Crippen molar-refractivity contribution in [2.45, 2.75) is 11.3 Å². The van der Waals surface area contributed by atoms with Gasteiger partial charge in [-0.3, -0.25) is 4.79 Å². The number of benzene rings is 2. The Kier molecular flexibility index (Phi) is 5.06. The minimum Gasteiger partial charge on any atom is -0.497 e. The van der Waals surface area contributed by atoms with Crippen molar-refractivity contribution in [1.82, 2.24) is 4.57 Å². The van der Waals surface area contributed by atoms with Crippen LogP contribution in [0, 0.1) is 0 Å². The average molecular weight is 358 g/mol. The Morgan fingerprint density at radius 3 is 2.67 bits per heavy atom. The third-order valence-electron chi connectivity index (χ3n) is 3.75. The molecule has 6 heteroatoms. The molecule has 3 aromatic rings. The summed E-state index contributed by atoms with van der Waals surface area (Å²) in [7, 11) is 3.57. The van der Waals surface area contributed by atoms with Gasteiger partial charge in [-0.2, -0.15) is 4.99 Å². The Morgan fingerprint density at radius 1 is 1.25 bits per heavy atom. The summed E-state index contributed by atoms with van der Waals surface area (Å²) in [6.45, 7) is 0. The number of thiazole rings is 1. The molecule has 0 radical (unpaired) electrons. The molecule has 0 aliphatic heterocycles. The maximum Gasteiger partial charge on any atom is 0.252 e. The molecule has 0 saturated carbocycles. The Balaban J connectivity index is 1.87. The van der Waals surface area contributed by atoms with Crippen LogP contribution in [0.25, 0.3) is 10.2 Å². The van der Waals surface area contributed by atoms with E-state index in [1.54, 1.807) is 18.9 Å². The Morgan fingerprint density at radius 2 is 2.00 bits per heavy atom. The van der Waals surface area contributed by atoms with Crippen LogP contribution in [0.2, 0.25) is 0 Å². The summed E-state index contributed by atoms with van der Waals surface area (Å²) in [4.78, 5) is 18.5. The molecule has 3 rings (SSSR count). The Labute approximate surface area is 148 Å². The van der Waals surface area contributed by atoms with Gasteiger partial charge in [0.25, 0.3) is 5.91 Å². The van der Waals surface area contributed by atoms with Crippen molar-refractivity contribution in [3.8, 4) is 5.75 Å². The molecule has 1 heterocycles. The predicted molar refractivity (Wildman–Crippen MR) is 99.8 cm³/mol. The summed E-state index contributed by atoms with van der Waals surface area (Å²) in [5.74, 6) is 0.664. The van der Waals surface area contributed by atoms with E-state index < -0.39 is 0 Å². The summed E-state index contributed by atoms with van der Waals surface area (Å²) in [5.41, 5.74) is 2.02. The molecular formula is C18H18N2O2S2. The molecule has 0 N–H and O–H groups in total. The van der Waals surface area contributed by atoms with E-state index >= 15 is 0 Å². The van der Waals surface area contributed by atoms with Crippen molar-refractivity contribution in [3.05, 3.63) is 52.8 Å². The normalized spacial score (nSPS) is 11.9. The van der Waals surface area contributed by atoms with Gasteiger partial charge in [0.05, 0.1) is 23.7 Å². The molecule has 0 unspecified atom stereocenters. The van der Waals surface area contributed by atoms with Gasteiger partial charge in [-0.15, -0.1) is 11.8 Å². The van der Waals surface area contributed by atoms with Crippen LogP contribution in [0.1, 0.15) is 5.56 Å². The number of thioether (sulfide) groups is 1. The average Bonchev–Trinajstić information content (AvgIpc) is 2.90. The number of ether oxygens (including phenoxy) is 1. The van der Waals surface area contributed by atoms with Crippen LogP contribution in [0.5, 0.6) is 5.75 Å². The number of nitrogens with zero attached hydrogens (tertiary/aromatic N) is 2. The van der Waals surface area contributed by atoms with E-state index in [9.17, 15) is 4.79 Å². The lowest BCUT2D eigenvalue weighted by Crippen LogP contribution is -2.14. The minimum absolute atomic E-state index is 0.138. The summed E-state index contributed by atoms with van der Waals surface area (Å²) in [6.07, 6.45) is 2.35. The molecule has 0 atom stereocenters. The quantitative estimate of drug-likeness (QED) is 0.669. The first kappa shape index (κ1) is 16.8. The van der Waals surface area contributed by atoms with Gasteiger partial charge in [-0.05, 0) is 42.2 Å². The molecule has 0 aliphatic rings. The molecule has 0 bridgehead atoms. The van der Waals surface area contributed by atoms with E-state index in [0.29, 0.717) is 11.2 Å². The van der Waals surface area contributed by atoms with Gasteiger partial charge >= 0.3 is 0 Å². The number of hydrogen-bond acceptors (Lipinski definition) is 4. The standard InChI is InChI=1S/C18H18N2O2S2/c1-20-15-9-6-13(22-2)11-16(15)24-18(20)19-17(21)10-12-4-7-14(23-3)8-5-12/h4-9,11H,10H2,1-3H3. The number of aryl methyl sites for hydroxylation is 1. The largest absolute Gasteiger partial charge is 0.497 e. The van der Waals surface area contributed by atoms with Crippen LogP contribution < -0.4 is 9.54 Å². The molecule has 0 spiro atoms. The van der Waals surface area contributed by atoms with Gasteiger partial charge in [0.15, 0.2) is 4.80 Å². The van der Waals surface area contributed by atoms with Crippen LogP contribution in [-0.2, 0) is 18.3 Å². The molecular weight excluding hydrogens is 340 g/mol. The first-order chi connectivity index (χ1) is 11.6. The van der Waals surface area contributed by atoms with Gasteiger partial charge in [0.1, 0.15) is 5.75 Å². The second-order valence-corrected chi connectivity index (χ2v) is 7.20. The lowest BCUT2D eigenvalue weighted by atomic mass is 10.1. The van der Waals surface area contributed by atoms with Crippen molar-refractivity contribution in [1.29, 1.82) is 0 Å². The molecule has 1 aromatic heterocycles. The third-order valence-corrected chi connectivity index (χ3v) is 5.59. The highest BCUT2D eigenvalue weighted by atomic mass is 32.2. The maximum absolute atomic E-state index is 12.3. The highest BCUT2D eigenvalue weighted by Gasteiger charge is 2.07. The van der Waals surface area contributed by atoms with Crippen molar-refractivity contribution < 1.29 is 9.53 Å². The topological polar surface area (TPSA) is 43.6 Å². The number of fused-ring (bicyclic) bond motifs is 1. The van der Waals surface area contributed by atoms with Crippen molar-refractivity contribution in [3.63, 3.8) is 0 Å². The lowest BCUT2D eigenvalue weighted by Gasteiger charge is -2.00. The first-order valence-electron chi connectivity index (χ1n) is 7.45. The summed E-state index contributed by atoms with van der Waals surface area (Å²) in [5, 5.41) is 0. The van der Waals surface area contributed by atoms with Crippen molar-refractivity contribution >= 4 is 39.2 Å². The predicted octanol–water partition coefficient (Wildman–Crippen LogP) is 3.64. The second kappa shape index (κ2) is 7.23. The van der Waals surface area contributed by atoms with Gasteiger partial charge in [-0.25, -0.2) is 0 Å². The number of methoxy groups -OCH3 is 1. The fraction of sp³-hybridized carbons (Fsp3) is 0.222. The summed E-state index contributed by atoms with van der Waals surface area (Å²) >= 11 is 3.18. The molecule has 124 valence electrons. The van der Waals surface area contributed by atoms with Gasteiger partial charge in [0.2, 0.25) is 0 Å². The zero-order valence-corrected chi connectivity index (χ0v) is 15.4. The number of hydrogen-bond donors (Lipinski definition) is 0. The van der Waals surface area contributed by atoms with Crippen LogP contribution in [-0.4, -0.2) is 23.8 Å². The van der Waals surface area contributed by atoms with Gasteiger partial charge in [0, 0.05) is 11.9 Å². The SMILES string of the molecule is COc1ccc2c(c1)sc(=NC(=O)Cc1ccc(SC)cc1)n2C. The molecule has 24 heavy (non-hydrogen) atoms. The van der Waals surface area contributed by atoms with E-state index in [2.05, 4.69) is 4.99 Å². The van der Waals surface area contributed by atoms with Crippen LogP contribution in [0.3, 0.4) is 0 Å². The molecule has 1 amide bonds. The first-order valence-corrected chi connectivity index (χ1v) is 9.49. The third kappa shape index (κ3) is 3.55.